The number of rotatable bonds is 4. The first-order chi connectivity index (χ1) is 16.4. The smallest absolute Gasteiger partial charge is 0.295 e. The van der Waals surface area contributed by atoms with Crippen molar-refractivity contribution in [3.8, 4) is 0 Å². The number of aromatic nitrogens is 2. The number of hydrogen-bond acceptors (Lipinski definition) is 4. The molecule has 0 aliphatic carbocycles. The van der Waals surface area contributed by atoms with Crippen LogP contribution in [0.2, 0.25) is 10.0 Å². The van der Waals surface area contributed by atoms with Crippen molar-refractivity contribution in [2.45, 2.75) is 19.5 Å². The highest BCUT2D eigenvalue weighted by Crippen LogP contribution is 2.42. The largest absolute Gasteiger partial charge is 0.505 e. The number of Topliss-reactive ketones (excluding diaryl/α,β-unsaturated/α-hetero) is 1. The van der Waals surface area contributed by atoms with Crippen LogP contribution < -0.4 is 0 Å². The maximum Gasteiger partial charge on any atom is 0.295 e. The number of pyridine rings is 1. The molecule has 8 heteroatoms. The van der Waals surface area contributed by atoms with Crippen LogP contribution in [0.15, 0.2) is 78.5 Å². The molecule has 2 aromatic carbocycles. The SMILES string of the molecule is Cc1nc2ccccn2c1C(O)=C1C(=O)C(=O)N(Cc2ccccc2)C1c1ccc(Cl)c(Cl)c1. The Morgan fingerprint density at radius 3 is 2.47 bits per heavy atom. The van der Waals surface area contributed by atoms with Crippen molar-refractivity contribution < 1.29 is 14.7 Å². The lowest BCUT2D eigenvalue weighted by Gasteiger charge is -2.25. The molecule has 4 aromatic rings. The van der Waals surface area contributed by atoms with Gasteiger partial charge < -0.3 is 10.0 Å². The summed E-state index contributed by atoms with van der Waals surface area (Å²) in [5.74, 6) is -1.76. The van der Waals surface area contributed by atoms with Crippen LogP contribution in [0.25, 0.3) is 11.4 Å². The van der Waals surface area contributed by atoms with Crippen molar-refractivity contribution in [1.29, 1.82) is 0 Å². The molecule has 1 fully saturated rings. The van der Waals surface area contributed by atoms with Gasteiger partial charge in [0.2, 0.25) is 0 Å². The second-order valence-corrected chi connectivity index (χ2v) is 8.88. The fourth-order valence-electron chi connectivity index (χ4n) is 4.38. The van der Waals surface area contributed by atoms with Crippen molar-refractivity contribution >= 4 is 46.3 Å². The summed E-state index contributed by atoms with van der Waals surface area (Å²) in [6.07, 6.45) is 1.75. The molecule has 1 aliphatic rings. The predicted octanol–water partition coefficient (Wildman–Crippen LogP) is 5.57. The number of likely N-dealkylation sites (tertiary alicyclic amines) is 1. The number of benzene rings is 2. The predicted molar refractivity (Wildman–Crippen MR) is 131 cm³/mol. The second-order valence-electron chi connectivity index (χ2n) is 8.06. The number of carbonyl (C=O) groups is 2. The molecule has 1 saturated heterocycles. The van der Waals surface area contributed by atoms with E-state index in [1.807, 2.05) is 36.4 Å². The van der Waals surface area contributed by atoms with Gasteiger partial charge in [-0.05, 0) is 42.3 Å². The fourth-order valence-corrected chi connectivity index (χ4v) is 4.69. The van der Waals surface area contributed by atoms with E-state index in [4.69, 9.17) is 23.2 Å². The molecular weight excluding hydrogens is 473 g/mol. The third kappa shape index (κ3) is 3.65. The normalized spacial score (nSPS) is 17.6. The van der Waals surface area contributed by atoms with E-state index in [0.29, 0.717) is 27.6 Å². The van der Waals surface area contributed by atoms with E-state index in [1.54, 1.807) is 47.9 Å². The Hall–Kier alpha value is -3.61. The highest BCUT2D eigenvalue weighted by Gasteiger charge is 2.46. The minimum absolute atomic E-state index is 0.0203. The van der Waals surface area contributed by atoms with E-state index in [1.165, 1.54) is 4.90 Å². The Labute approximate surface area is 205 Å². The molecule has 1 amide bonds. The fraction of sp³-hybridized carbons (Fsp3) is 0.115. The van der Waals surface area contributed by atoms with E-state index >= 15 is 0 Å². The number of halogens is 2. The standard InChI is InChI=1S/C26H19Cl2N3O3/c1-15-22(30-12-6-5-9-20(30)29-15)24(32)21-23(17-10-11-18(27)19(28)13-17)31(26(34)25(21)33)14-16-7-3-2-4-8-16/h2-13,23,32H,14H2,1H3. The summed E-state index contributed by atoms with van der Waals surface area (Å²) in [6.45, 7) is 1.93. The van der Waals surface area contributed by atoms with Crippen molar-refractivity contribution in [2.75, 3.05) is 0 Å². The molecule has 1 N–H and O–H groups in total. The van der Waals surface area contributed by atoms with Crippen molar-refractivity contribution in [1.82, 2.24) is 14.3 Å². The van der Waals surface area contributed by atoms with E-state index in [0.717, 1.165) is 5.56 Å². The summed E-state index contributed by atoms with van der Waals surface area (Å²) >= 11 is 12.4. The van der Waals surface area contributed by atoms with E-state index in [9.17, 15) is 14.7 Å². The lowest BCUT2D eigenvalue weighted by Crippen LogP contribution is -2.29. The van der Waals surface area contributed by atoms with Crippen molar-refractivity contribution in [3.63, 3.8) is 0 Å². The van der Waals surface area contributed by atoms with Gasteiger partial charge in [-0.2, -0.15) is 0 Å². The van der Waals surface area contributed by atoms with Gasteiger partial charge in [-0.1, -0.05) is 65.7 Å². The monoisotopic (exact) mass is 491 g/mol. The van der Waals surface area contributed by atoms with Crippen LogP contribution in [0.5, 0.6) is 0 Å². The molecule has 3 heterocycles. The van der Waals surface area contributed by atoms with Crippen molar-refractivity contribution in [3.05, 3.63) is 111 Å². The first-order valence-corrected chi connectivity index (χ1v) is 11.3. The average molecular weight is 492 g/mol. The third-order valence-corrected chi connectivity index (χ3v) is 6.66. The molecular formula is C26H19Cl2N3O3. The summed E-state index contributed by atoms with van der Waals surface area (Å²) < 4.78 is 1.70. The minimum atomic E-state index is -0.858. The maximum absolute atomic E-state index is 13.3. The Bertz CT molecular complexity index is 1480. The minimum Gasteiger partial charge on any atom is -0.505 e. The zero-order valence-electron chi connectivity index (χ0n) is 18.1. The topological polar surface area (TPSA) is 74.9 Å². The molecule has 0 bridgehead atoms. The van der Waals surface area contributed by atoms with Gasteiger partial charge >= 0.3 is 0 Å². The number of aliphatic hydroxyl groups is 1. The van der Waals surface area contributed by atoms with Gasteiger partial charge in [0.15, 0.2) is 5.76 Å². The summed E-state index contributed by atoms with van der Waals surface area (Å²) in [5.41, 5.74) is 2.90. The highest BCUT2D eigenvalue weighted by atomic mass is 35.5. The van der Waals surface area contributed by atoms with Gasteiger partial charge in [0.1, 0.15) is 11.3 Å². The number of aliphatic hydroxyl groups excluding tert-OH is 1. The Kier molecular flexibility index (Phi) is 5.63. The van der Waals surface area contributed by atoms with Gasteiger partial charge in [0, 0.05) is 12.7 Å². The maximum atomic E-state index is 13.3. The molecule has 5 rings (SSSR count). The van der Waals surface area contributed by atoms with Crippen LogP contribution in [-0.2, 0) is 16.1 Å². The molecule has 2 aromatic heterocycles. The Balaban J connectivity index is 1.73. The lowest BCUT2D eigenvalue weighted by atomic mass is 9.96. The number of aryl methyl sites for hydroxylation is 1. The zero-order valence-corrected chi connectivity index (χ0v) is 19.6. The third-order valence-electron chi connectivity index (χ3n) is 5.92. The summed E-state index contributed by atoms with van der Waals surface area (Å²) in [5, 5.41) is 12.1. The number of carbonyl (C=O) groups excluding carboxylic acids is 2. The number of nitrogens with zero attached hydrogens (tertiary/aromatic N) is 3. The molecule has 1 unspecified atom stereocenters. The summed E-state index contributed by atoms with van der Waals surface area (Å²) in [4.78, 5) is 32.5. The second kappa shape index (κ2) is 8.63. The number of imidazole rings is 1. The van der Waals surface area contributed by atoms with Gasteiger partial charge in [-0.25, -0.2) is 4.98 Å². The van der Waals surface area contributed by atoms with Crippen LogP contribution >= 0.6 is 23.2 Å². The molecule has 1 atom stereocenters. The number of amides is 1. The van der Waals surface area contributed by atoms with Crippen LogP contribution in [0, 0.1) is 6.92 Å². The van der Waals surface area contributed by atoms with Crippen molar-refractivity contribution in [2.24, 2.45) is 0 Å². The zero-order chi connectivity index (χ0) is 24.0. The molecule has 34 heavy (non-hydrogen) atoms. The summed E-state index contributed by atoms with van der Waals surface area (Å²) in [7, 11) is 0. The number of fused-ring (bicyclic) bond motifs is 1. The molecule has 0 saturated carbocycles. The molecule has 1 aliphatic heterocycles. The van der Waals surface area contributed by atoms with Gasteiger partial charge in [0.25, 0.3) is 11.7 Å². The van der Waals surface area contributed by atoms with Gasteiger partial charge in [0.05, 0.1) is 27.4 Å². The lowest BCUT2D eigenvalue weighted by molar-refractivity contribution is -0.140. The first kappa shape index (κ1) is 22.2. The number of hydrogen-bond donors (Lipinski definition) is 1. The van der Waals surface area contributed by atoms with Gasteiger partial charge in [-0.15, -0.1) is 0 Å². The summed E-state index contributed by atoms with van der Waals surface area (Å²) in [6, 6.07) is 18.9. The average Bonchev–Trinajstić information content (AvgIpc) is 3.29. The molecule has 0 radical (unpaired) electrons. The van der Waals surface area contributed by atoms with Crippen LogP contribution in [0.3, 0.4) is 0 Å². The van der Waals surface area contributed by atoms with Crippen LogP contribution in [0.4, 0.5) is 0 Å². The Morgan fingerprint density at radius 2 is 1.74 bits per heavy atom. The molecule has 6 nitrogen and oxygen atoms in total. The quantitative estimate of drug-likeness (QED) is 0.230. The number of ketones is 1. The first-order valence-electron chi connectivity index (χ1n) is 10.6. The van der Waals surface area contributed by atoms with Crippen LogP contribution in [-0.4, -0.2) is 31.1 Å². The molecule has 0 spiro atoms. The molecule has 170 valence electrons. The van der Waals surface area contributed by atoms with E-state index in [-0.39, 0.29) is 22.9 Å². The highest BCUT2D eigenvalue weighted by molar-refractivity contribution is 6.46. The van der Waals surface area contributed by atoms with Crippen LogP contribution in [0.1, 0.15) is 28.6 Å². The van der Waals surface area contributed by atoms with E-state index < -0.39 is 17.7 Å². The van der Waals surface area contributed by atoms with E-state index in [2.05, 4.69) is 4.98 Å². The van der Waals surface area contributed by atoms with Gasteiger partial charge in [-0.3, -0.25) is 14.0 Å². The Morgan fingerprint density at radius 1 is 1.00 bits per heavy atom.